The van der Waals surface area contributed by atoms with Crippen LogP contribution in [0.2, 0.25) is 0 Å². The number of aromatic carboxylic acids is 1. The second kappa shape index (κ2) is 4.61. The summed E-state index contributed by atoms with van der Waals surface area (Å²) in [5.74, 6) is -0.501. The third-order valence-corrected chi connectivity index (χ3v) is 3.09. The van der Waals surface area contributed by atoms with Gasteiger partial charge < -0.3 is 10.4 Å². The van der Waals surface area contributed by atoms with E-state index in [-0.39, 0.29) is 11.1 Å². The van der Waals surface area contributed by atoms with Crippen LogP contribution in [0.4, 0.5) is 5.82 Å². The van der Waals surface area contributed by atoms with E-state index in [1.54, 1.807) is 0 Å². The fourth-order valence-electron chi connectivity index (χ4n) is 2.22. The highest BCUT2D eigenvalue weighted by Crippen LogP contribution is 2.21. The van der Waals surface area contributed by atoms with Gasteiger partial charge in [-0.2, -0.15) is 0 Å². The number of nitrogens with one attached hydrogen (secondary N) is 1. The Morgan fingerprint density at radius 3 is 2.94 bits per heavy atom. The molecule has 0 atom stereocenters. The maximum absolute atomic E-state index is 11.9. The summed E-state index contributed by atoms with van der Waals surface area (Å²) < 4.78 is 1.54. The van der Waals surface area contributed by atoms with Crippen molar-refractivity contribution in [2.24, 2.45) is 0 Å². The summed E-state index contributed by atoms with van der Waals surface area (Å²) in [7, 11) is 0. The quantitative estimate of drug-likeness (QED) is 0.812. The van der Waals surface area contributed by atoms with E-state index in [2.05, 4.69) is 5.32 Å². The van der Waals surface area contributed by atoms with E-state index in [0.717, 1.165) is 12.8 Å². The summed E-state index contributed by atoms with van der Waals surface area (Å²) in [4.78, 5) is 23.2. The van der Waals surface area contributed by atoms with Crippen LogP contribution < -0.4 is 10.9 Å². The Morgan fingerprint density at radius 1 is 1.53 bits per heavy atom. The molecule has 5 heteroatoms. The van der Waals surface area contributed by atoms with Gasteiger partial charge in [0.05, 0.1) is 0 Å². The molecule has 1 aliphatic rings. The average molecular weight is 236 g/mol. The monoisotopic (exact) mass is 236 g/mol. The molecule has 0 bridgehead atoms. The highest BCUT2D eigenvalue weighted by molar-refractivity contribution is 5.95. The molecule has 0 aromatic carbocycles. The molecule has 0 fully saturated rings. The Balaban J connectivity index is 2.71. The van der Waals surface area contributed by atoms with E-state index in [0.29, 0.717) is 30.9 Å². The van der Waals surface area contributed by atoms with Gasteiger partial charge in [-0.1, -0.05) is 6.92 Å². The third-order valence-electron chi connectivity index (χ3n) is 3.09. The maximum atomic E-state index is 11.9. The zero-order valence-corrected chi connectivity index (χ0v) is 9.82. The van der Waals surface area contributed by atoms with Crippen LogP contribution in [-0.2, 0) is 13.0 Å². The molecular weight excluding hydrogens is 220 g/mol. The Hall–Kier alpha value is -1.78. The zero-order valence-electron chi connectivity index (χ0n) is 9.82. The molecule has 5 nitrogen and oxygen atoms in total. The maximum Gasteiger partial charge on any atom is 0.339 e. The van der Waals surface area contributed by atoms with E-state index < -0.39 is 5.97 Å². The van der Waals surface area contributed by atoms with Gasteiger partial charge in [0.25, 0.3) is 5.56 Å². The van der Waals surface area contributed by atoms with E-state index in [4.69, 9.17) is 0 Å². The topological polar surface area (TPSA) is 71.3 Å². The lowest BCUT2D eigenvalue weighted by Gasteiger charge is -2.15. The van der Waals surface area contributed by atoms with E-state index in [1.165, 1.54) is 10.6 Å². The molecule has 1 aromatic rings. The summed E-state index contributed by atoms with van der Waals surface area (Å²) in [5, 5.41) is 12.4. The first-order chi connectivity index (χ1) is 8.15. The SMILES string of the molecule is CCc1cc(=O)n2c(c1C(=O)O)NCCCC2. The second-order valence-corrected chi connectivity index (χ2v) is 4.18. The number of pyridine rings is 1. The first-order valence-corrected chi connectivity index (χ1v) is 5.89. The Labute approximate surface area is 99.1 Å². The Morgan fingerprint density at radius 2 is 2.29 bits per heavy atom. The summed E-state index contributed by atoms with van der Waals surface area (Å²) in [6.45, 7) is 3.16. The zero-order chi connectivity index (χ0) is 12.4. The van der Waals surface area contributed by atoms with E-state index in [1.807, 2.05) is 6.92 Å². The number of hydrogen-bond acceptors (Lipinski definition) is 3. The van der Waals surface area contributed by atoms with Gasteiger partial charge in [-0.25, -0.2) is 4.79 Å². The smallest absolute Gasteiger partial charge is 0.339 e. The summed E-state index contributed by atoms with van der Waals surface area (Å²) >= 11 is 0. The van der Waals surface area contributed by atoms with E-state index >= 15 is 0 Å². The Bertz CT molecular complexity index is 505. The fraction of sp³-hybridized carbons (Fsp3) is 0.500. The average Bonchev–Trinajstić information content (AvgIpc) is 2.53. The lowest BCUT2D eigenvalue weighted by Crippen LogP contribution is -2.25. The highest BCUT2D eigenvalue weighted by atomic mass is 16.4. The number of aryl methyl sites for hydroxylation is 1. The van der Waals surface area contributed by atoms with Crippen molar-refractivity contribution in [2.45, 2.75) is 32.7 Å². The molecular formula is C12H16N2O3. The van der Waals surface area contributed by atoms with Gasteiger partial charge in [0, 0.05) is 19.2 Å². The number of carbonyl (C=O) groups is 1. The first kappa shape index (κ1) is 11.7. The van der Waals surface area contributed by atoms with Gasteiger partial charge >= 0.3 is 5.97 Å². The molecule has 2 N–H and O–H groups in total. The summed E-state index contributed by atoms with van der Waals surface area (Å²) in [6, 6.07) is 1.44. The van der Waals surface area contributed by atoms with Crippen molar-refractivity contribution in [1.82, 2.24) is 4.57 Å². The second-order valence-electron chi connectivity index (χ2n) is 4.18. The van der Waals surface area contributed by atoms with Crippen molar-refractivity contribution < 1.29 is 9.90 Å². The lowest BCUT2D eigenvalue weighted by molar-refractivity contribution is 0.0696. The normalized spacial score (nSPS) is 14.6. The molecule has 2 rings (SSSR count). The predicted molar refractivity (Wildman–Crippen MR) is 64.8 cm³/mol. The highest BCUT2D eigenvalue weighted by Gasteiger charge is 2.21. The van der Waals surface area contributed by atoms with Crippen LogP contribution in [0.1, 0.15) is 35.7 Å². The van der Waals surface area contributed by atoms with Crippen LogP contribution in [-0.4, -0.2) is 22.2 Å². The molecule has 0 amide bonds. The first-order valence-electron chi connectivity index (χ1n) is 5.89. The van der Waals surface area contributed by atoms with Gasteiger partial charge in [-0.3, -0.25) is 9.36 Å². The third kappa shape index (κ3) is 2.05. The number of carboxylic acid groups (broad SMARTS) is 1. The minimum absolute atomic E-state index is 0.115. The molecule has 0 saturated heterocycles. The lowest BCUT2D eigenvalue weighted by atomic mass is 10.1. The molecule has 1 aromatic heterocycles. The minimum atomic E-state index is -0.972. The standard InChI is InChI=1S/C12H16N2O3/c1-2-8-7-9(15)14-6-4-3-5-13-11(14)10(8)12(16)17/h7,13H,2-6H2,1H3,(H,16,17). The molecule has 0 aliphatic carbocycles. The number of fused-ring (bicyclic) bond motifs is 1. The van der Waals surface area contributed by atoms with Gasteiger partial charge in [0.1, 0.15) is 11.4 Å². The molecule has 92 valence electrons. The number of nitrogens with zero attached hydrogens (tertiary/aromatic N) is 1. The van der Waals surface area contributed by atoms with Gasteiger partial charge in [0.2, 0.25) is 0 Å². The number of carboxylic acids is 1. The largest absolute Gasteiger partial charge is 0.478 e. The van der Waals surface area contributed by atoms with Crippen LogP contribution in [0, 0.1) is 0 Å². The molecule has 2 heterocycles. The molecule has 17 heavy (non-hydrogen) atoms. The van der Waals surface area contributed by atoms with Gasteiger partial charge in [-0.15, -0.1) is 0 Å². The van der Waals surface area contributed by atoms with Crippen LogP contribution >= 0.6 is 0 Å². The van der Waals surface area contributed by atoms with Crippen molar-refractivity contribution in [3.8, 4) is 0 Å². The molecule has 0 radical (unpaired) electrons. The van der Waals surface area contributed by atoms with Crippen molar-refractivity contribution >= 4 is 11.8 Å². The summed E-state index contributed by atoms with van der Waals surface area (Å²) in [6.07, 6.45) is 2.39. The number of anilines is 1. The molecule has 0 unspecified atom stereocenters. The van der Waals surface area contributed by atoms with Crippen LogP contribution in [0.15, 0.2) is 10.9 Å². The van der Waals surface area contributed by atoms with Crippen LogP contribution in [0.3, 0.4) is 0 Å². The van der Waals surface area contributed by atoms with Crippen molar-refractivity contribution in [3.63, 3.8) is 0 Å². The molecule has 1 aliphatic heterocycles. The number of aromatic nitrogens is 1. The van der Waals surface area contributed by atoms with Crippen LogP contribution in [0.25, 0.3) is 0 Å². The minimum Gasteiger partial charge on any atom is -0.478 e. The van der Waals surface area contributed by atoms with E-state index in [9.17, 15) is 14.7 Å². The fourth-order valence-corrected chi connectivity index (χ4v) is 2.22. The van der Waals surface area contributed by atoms with Gasteiger partial charge in [-0.05, 0) is 24.8 Å². The van der Waals surface area contributed by atoms with Crippen molar-refractivity contribution in [2.75, 3.05) is 11.9 Å². The van der Waals surface area contributed by atoms with Crippen molar-refractivity contribution in [1.29, 1.82) is 0 Å². The number of hydrogen-bond donors (Lipinski definition) is 2. The number of rotatable bonds is 2. The van der Waals surface area contributed by atoms with Crippen LogP contribution in [0.5, 0.6) is 0 Å². The predicted octanol–water partition coefficient (Wildman–Crippen LogP) is 1.31. The molecule has 0 saturated carbocycles. The van der Waals surface area contributed by atoms with Gasteiger partial charge in [0.15, 0.2) is 0 Å². The Kier molecular flexibility index (Phi) is 3.17. The molecule has 0 spiro atoms. The van der Waals surface area contributed by atoms with Crippen molar-refractivity contribution in [3.05, 3.63) is 27.5 Å². The summed E-state index contributed by atoms with van der Waals surface area (Å²) in [5.41, 5.74) is 0.730.